The maximum absolute atomic E-state index is 12.3. The van der Waals surface area contributed by atoms with E-state index in [4.69, 9.17) is 11.6 Å². The van der Waals surface area contributed by atoms with E-state index < -0.39 is 0 Å². The maximum atomic E-state index is 12.3. The Labute approximate surface area is 125 Å². The Hall–Kier alpha value is -1.54. The van der Waals surface area contributed by atoms with Crippen LogP contribution in [0.15, 0.2) is 42.5 Å². The molecule has 0 bridgehead atoms. The van der Waals surface area contributed by atoms with Crippen LogP contribution in [-0.4, -0.2) is 29.3 Å². The van der Waals surface area contributed by atoms with Gasteiger partial charge in [-0.3, -0.25) is 4.79 Å². The lowest BCUT2D eigenvalue weighted by atomic mass is 10.0. The van der Waals surface area contributed by atoms with Gasteiger partial charge in [-0.25, -0.2) is 0 Å². The van der Waals surface area contributed by atoms with Crippen molar-refractivity contribution in [3.8, 4) is 0 Å². The predicted molar refractivity (Wildman–Crippen MR) is 85.2 cm³/mol. The molecule has 0 fully saturated rings. The van der Waals surface area contributed by atoms with E-state index in [1.807, 2.05) is 39.1 Å². The number of amides is 1. The van der Waals surface area contributed by atoms with Crippen LogP contribution in [0.25, 0.3) is 10.8 Å². The third-order valence-electron chi connectivity index (χ3n) is 3.78. The molecule has 0 unspecified atom stereocenters. The minimum atomic E-state index is -0.324. The van der Waals surface area contributed by atoms with Gasteiger partial charge in [-0.1, -0.05) is 42.5 Å². The highest BCUT2D eigenvalue weighted by Crippen LogP contribution is 2.19. The Bertz CT molecular complexity index is 621. The van der Waals surface area contributed by atoms with E-state index in [9.17, 15) is 4.79 Å². The number of hydrogen-bond donors (Lipinski definition) is 0. The third kappa shape index (κ3) is 3.13. The number of halogens is 1. The van der Waals surface area contributed by atoms with Crippen molar-refractivity contribution < 1.29 is 4.79 Å². The molecule has 0 aliphatic carbocycles. The second kappa shape index (κ2) is 5.84. The first kappa shape index (κ1) is 14.9. The molecule has 2 nitrogen and oxygen atoms in total. The standard InChI is InChI=1S/C17H20ClNO/c1-17(2,12-18)19(3)16(20)11-13-8-9-14-6-4-5-7-15(14)10-13/h4-10H,11-12H2,1-3H3. The molecule has 20 heavy (non-hydrogen) atoms. The normalized spacial score (nSPS) is 11.6. The smallest absolute Gasteiger partial charge is 0.227 e. The summed E-state index contributed by atoms with van der Waals surface area (Å²) >= 11 is 5.92. The van der Waals surface area contributed by atoms with Crippen molar-refractivity contribution in [3.63, 3.8) is 0 Å². The third-order valence-corrected chi connectivity index (χ3v) is 4.43. The number of carbonyl (C=O) groups excluding carboxylic acids is 1. The van der Waals surface area contributed by atoms with Gasteiger partial charge in [0.25, 0.3) is 0 Å². The molecule has 3 heteroatoms. The van der Waals surface area contributed by atoms with E-state index in [-0.39, 0.29) is 11.4 Å². The molecule has 2 rings (SSSR count). The molecule has 1 amide bonds. The van der Waals surface area contributed by atoms with E-state index in [1.54, 1.807) is 4.90 Å². The fourth-order valence-corrected chi connectivity index (χ4v) is 2.25. The number of fused-ring (bicyclic) bond motifs is 1. The molecule has 0 atom stereocenters. The molecule has 0 aliphatic heterocycles. The highest BCUT2D eigenvalue weighted by atomic mass is 35.5. The molecule has 2 aromatic carbocycles. The SMILES string of the molecule is CN(C(=O)Cc1ccc2ccccc2c1)C(C)(C)CCl. The number of likely N-dealkylation sites (N-methyl/N-ethyl adjacent to an activating group) is 1. The van der Waals surface area contributed by atoms with Crippen LogP contribution in [0.2, 0.25) is 0 Å². The van der Waals surface area contributed by atoms with Crippen LogP contribution in [0.3, 0.4) is 0 Å². The van der Waals surface area contributed by atoms with E-state index in [1.165, 1.54) is 5.39 Å². The molecule has 0 radical (unpaired) electrons. The van der Waals surface area contributed by atoms with Crippen molar-refractivity contribution in [3.05, 3.63) is 48.0 Å². The Morgan fingerprint density at radius 1 is 1.15 bits per heavy atom. The summed E-state index contributed by atoms with van der Waals surface area (Å²) in [5.41, 5.74) is 0.709. The Morgan fingerprint density at radius 3 is 2.45 bits per heavy atom. The zero-order valence-corrected chi connectivity index (χ0v) is 12.9. The average Bonchev–Trinajstić information content (AvgIpc) is 2.46. The van der Waals surface area contributed by atoms with Crippen LogP contribution in [0, 0.1) is 0 Å². The minimum Gasteiger partial charge on any atom is -0.339 e. The monoisotopic (exact) mass is 289 g/mol. The highest BCUT2D eigenvalue weighted by Gasteiger charge is 2.26. The van der Waals surface area contributed by atoms with Gasteiger partial charge >= 0.3 is 0 Å². The van der Waals surface area contributed by atoms with Crippen molar-refractivity contribution in [2.75, 3.05) is 12.9 Å². The van der Waals surface area contributed by atoms with E-state index in [0.717, 1.165) is 10.9 Å². The molecular weight excluding hydrogens is 270 g/mol. The lowest BCUT2D eigenvalue weighted by Gasteiger charge is -2.34. The van der Waals surface area contributed by atoms with Gasteiger partial charge in [-0.05, 0) is 30.2 Å². The van der Waals surface area contributed by atoms with Crippen LogP contribution < -0.4 is 0 Å². The fourth-order valence-electron chi connectivity index (χ4n) is 2.07. The zero-order valence-electron chi connectivity index (χ0n) is 12.2. The average molecular weight is 290 g/mol. The molecule has 0 N–H and O–H groups in total. The lowest BCUT2D eigenvalue weighted by Crippen LogP contribution is -2.47. The van der Waals surface area contributed by atoms with Gasteiger partial charge in [0.1, 0.15) is 0 Å². The van der Waals surface area contributed by atoms with Gasteiger partial charge in [0.2, 0.25) is 5.91 Å². The van der Waals surface area contributed by atoms with Gasteiger partial charge in [-0.15, -0.1) is 11.6 Å². The first-order valence-corrected chi connectivity index (χ1v) is 7.28. The van der Waals surface area contributed by atoms with Crippen LogP contribution in [0.4, 0.5) is 0 Å². The van der Waals surface area contributed by atoms with Gasteiger partial charge in [0, 0.05) is 12.9 Å². The molecule has 2 aromatic rings. The Balaban J connectivity index is 2.17. The Kier molecular flexibility index (Phi) is 4.34. The van der Waals surface area contributed by atoms with Gasteiger partial charge in [0.05, 0.1) is 12.0 Å². The fraction of sp³-hybridized carbons (Fsp3) is 0.353. The van der Waals surface area contributed by atoms with Crippen molar-refractivity contribution in [2.24, 2.45) is 0 Å². The van der Waals surface area contributed by atoms with Crippen molar-refractivity contribution in [1.29, 1.82) is 0 Å². The number of carbonyl (C=O) groups is 1. The minimum absolute atomic E-state index is 0.0888. The quantitative estimate of drug-likeness (QED) is 0.783. The number of rotatable bonds is 4. The van der Waals surface area contributed by atoms with Crippen LogP contribution in [0.5, 0.6) is 0 Å². The van der Waals surface area contributed by atoms with Crippen molar-refractivity contribution >= 4 is 28.3 Å². The first-order valence-electron chi connectivity index (χ1n) is 6.74. The number of nitrogens with zero attached hydrogens (tertiary/aromatic N) is 1. The number of hydrogen-bond acceptors (Lipinski definition) is 1. The Morgan fingerprint density at radius 2 is 1.80 bits per heavy atom. The largest absolute Gasteiger partial charge is 0.339 e. The van der Waals surface area contributed by atoms with Crippen LogP contribution in [-0.2, 0) is 11.2 Å². The van der Waals surface area contributed by atoms with Crippen LogP contribution in [0.1, 0.15) is 19.4 Å². The van der Waals surface area contributed by atoms with Crippen molar-refractivity contribution in [1.82, 2.24) is 4.90 Å². The number of benzene rings is 2. The van der Waals surface area contributed by atoms with Crippen LogP contribution >= 0.6 is 11.6 Å². The summed E-state index contributed by atoms with van der Waals surface area (Å²) in [4.78, 5) is 14.1. The lowest BCUT2D eigenvalue weighted by molar-refractivity contribution is -0.133. The molecular formula is C17H20ClNO. The molecule has 0 heterocycles. The van der Waals surface area contributed by atoms with E-state index >= 15 is 0 Å². The second-order valence-corrected chi connectivity index (χ2v) is 6.02. The topological polar surface area (TPSA) is 20.3 Å². The maximum Gasteiger partial charge on any atom is 0.227 e. The molecule has 106 valence electrons. The first-order chi connectivity index (χ1) is 9.44. The van der Waals surface area contributed by atoms with Gasteiger partial charge in [-0.2, -0.15) is 0 Å². The summed E-state index contributed by atoms with van der Waals surface area (Å²) in [6.45, 7) is 3.94. The van der Waals surface area contributed by atoms with Gasteiger partial charge < -0.3 is 4.90 Å². The predicted octanol–water partition coefficient (Wildman–Crippen LogP) is 3.86. The molecule has 0 aliphatic rings. The summed E-state index contributed by atoms with van der Waals surface area (Å²) in [7, 11) is 1.81. The summed E-state index contributed by atoms with van der Waals surface area (Å²) in [5, 5.41) is 2.36. The summed E-state index contributed by atoms with van der Waals surface area (Å²) in [5.74, 6) is 0.512. The highest BCUT2D eigenvalue weighted by molar-refractivity contribution is 6.18. The van der Waals surface area contributed by atoms with Gasteiger partial charge in [0.15, 0.2) is 0 Å². The summed E-state index contributed by atoms with van der Waals surface area (Å²) in [6.07, 6.45) is 0.404. The number of alkyl halides is 1. The van der Waals surface area contributed by atoms with E-state index in [0.29, 0.717) is 12.3 Å². The molecule has 0 aromatic heterocycles. The zero-order chi connectivity index (χ0) is 14.8. The van der Waals surface area contributed by atoms with Crippen molar-refractivity contribution in [2.45, 2.75) is 25.8 Å². The molecule has 0 saturated heterocycles. The van der Waals surface area contributed by atoms with E-state index in [2.05, 4.69) is 24.3 Å². The molecule has 0 spiro atoms. The second-order valence-electron chi connectivity index (χ2n) is 5.76. The molecule has 0 saturated carbocycles. The summed E-state index contributed by atoms with van der Waals surface area (Å²) in [6, 6.07) is 14.3. The summed E-state index contributed by atoms with van der Waals surface area (Å²) < 4.78 is 0.